The maximum Gasteiger partial charge on any atom is 0.242 e. The van der Waals surface area contributed by atoms with Crippen molar-refractivity contribution in [2.24, 2.45) is 11.7 Å². The Labute approximate surface area is 120 Å². The van der Waals surface area contributed by atoms with Crippen LogP contribution in [0.5, 0.6) is 0 Å². The van der Waals surface area contributed by atoms with E-state index < -0.39 is 10.0 Å². The minimum Gasteiger partial charge on any atom is -0.346 e. The second kappa shape index (κ2) is 5.50. The highest BCUT2D eigenvalue weighted by molar-refractivity contribution is 7.89. The lowest BCUT2D eigenvalue weighted by atomic mass is 9.83. The van der Waals surface area contributed by atoms with Crippen LogP contribution in [0.3, 0.4) is 0 Å². The first-order valence-corrected chi connectivity index (χ1v) is 8.99. The Kier molecular flexibility index (Phi) is 3.88. The number of aromatic nitrogens is 1. The zero-order valence-corrected chi connectivity index (χ0v) is 12.5. The van der Waals surface area contributed by atoms with Crippen LogP contribution < -0.4 is 10.5 Å². The van der Waals surface area contributed by atoms with E-state index in [9.17, 15) is 8.42 Å². The maximum atomic E-state index is 12.3. The van der Waals surface area contributed by atoms with Crippen LogP contribution in [0.25, 0.3) is 0 Å². The van der Waals surface area contributed by atoms with Crippen LogP contribution in [0.4, 0.5) is 0 Å². The molecule has 6 heteroatoms. The van der Waals surface area contributed by atoms with Gasteiger partial charge in [-0.2, -0.15) is 0 Å². The van der Waals surface area contributed by atoms with E-state index in [4.69, 9.17) is 5.73 Å². The monoisotopic (exact) mass is 297 g/mol. The van der Waals surface area contributed by atoms with Gasteiger partial charge < -0.3 is 10.3 Å². The molecule has 1 aromatic rings. The van der Waals surface area contributed by atoms with Gasteiger partial charge in [-0.1, -0.05) is 19.3 Å². The normalized spacial score (nSPS) is 20.1. The van der Waals surface area contributed by atoms with Crippen LogP contribution in [0, 0.1) is 5.92 Å². The van der Waals surface area contributed by atoms with Crippen molar-refractivity contribution in [1.82, 2.24) is 9.29 Å². The van der Waals surface area contributed by atoms with Crippen LogP contribution >= 0.6 is 0 Å². The molecule has 0 aromatic carbocycles. The third-order valence-corrected chi connectivity index (χ3v) is 5.86. The SMILES string of the molecule is NCc1cc(S(=O)(=O)NCCC2CCC2)cn1C1CC1. The molecular weight excluding hydrogens is 274 g/mol. The highest BCUT2D eigenvalue weighted by Crippen LogP contribution is 2.37. The summed E-state index contributed by atoms with van der Waals surface area (Å²) in [5.74, 6) is 0.716. The van der Waals surface area contributed by atoms with Gasteiger partial charge in [-0.25, -0.2) is 13.1 Å². The fourth-order valence-corrected chi connectivity index (χ4v) is 3.86. The van der Waals surface area contributed by atoms with Crippen LogP contribution in [-0.4, -0.2) is 19.5 Å². The second-order valence-electron chi connectivity index (χ2n) is 5.99. The lowest BCUT2D eigenvalue weighted by Gasteiger charge is -2.24. The summed E-state index contributed by atoms with van der Waals surface area (Å²) in [7, 11) is -3.38. The van der Waals surface area contributed by atoms with Gasteiger partial charge in [-0.15, -0.1) is 0 Å². The second-order valence-corrected chi connectivity index (χ2v) is 7.76. The Morgan fingerprint density at radius 3 is 2.60 bits per heavy atom. The first-order chi connectivity index (χ1) is 9.60. The predicted octanol–water partition coefficient (Wildman–Crippen LogP) is 1.75. The molecule has 112 valence electrons. The zero-order valence-electron chi connectivity index (χ0n) is 11.7. The largest absolute Gasteiger partial charge is 0.346 e. The Hall–Kier alpha value is -0.850. The van der Waals surface area contributed by atoms with Gasteiger partial charge in [0.15, 0.2) is 0 Å². The smallest absolute Gasteiger partial charge is 0.242 e. The molecule has 0 bridgehead atoms. The van der Waals surface area contributed by atoms with Crippen molar-refractivity contribution in [3.05, 3.63) is 18.0 Å². The fourth-order valence-electron chi connectivity index (χ4n) is 2.76. The molecule has 3 N–H and O–H groups in total. The molecule has 0 unspecified atom stereocenters. The maximum absolute atomic E-state index is 12.3. The number of hydrogen-bond donors (Lipinski definition) is 2. The highest BCUT2D eigenvalue weighted by Gasteiger charge is 2.28. The van der Waals surface area contributed by atoms with E-state index in [1.54, 1.807) is 12.3 Å². The summed E-state index contributed by atoms with van der Waals surface area (Å²) >= 11 is 0. The van der Waals surface area contributed by atoms with E-state index in [1.165, 1.54) is 19.3 Å². The average Bonchev–Trinajstić information content (AvgIpc) is 3.11. The van der Waals surface area contributed by atoms with Gasteiger partial charge in [0.25, 0.3) is 0 Å². The molecule has 1 heterocycles. The molecule has 20 heavy (non-hydrogen) atoms. The Bertz CT molecular complexity index is 571. The van der Waals surface area contributed by atoms with E-state index >= 15 is 0 Å². The van der Waals surface area contributed by atoms with Gasteiger partial charge in [0, 0.05) is 31.0 Å². The van der Waals surface area contributed by atoms with Crippen LogP contribution in [-0.2, 0) is 16.6 Å². The molecular formula is C14H23N3O2S. The summed E-state index contributed by atoms with van der Waals surface area (Å²) < 4.78 is 29.3. The van der Waals surface area contributed by atoms with Crippen molar-refractivity contribution < 1.29 is 8.42 Å². The third kappa shape index (κ3) is 2.92. The van der Waals surface area contributed by atoms with Crippen molar-refractivity contribution in [2.45, 2.75) is 56.0 Å². The quantitative estimate of drug-likeness (QED) is 0.805. The van der Waals surface area contributed by atoms with Gasteiger partial charge in [0.1, 0.15) is 0 Å². The van der Waals surface area contributed by atoms with Gasteiger partial charge in [-0.3, -0.25) is 0 Å². The van der Waals surface area contributed by atoms with Gasteiger partial charge >= 0.3 is 0 Å². The summed E-state index contributed by atoms with van der Waals surface area (Å²) in [5.41, 5.74) is 6.61. The summed E-state index contributed by atoms with van der Waals surface area (Å²) in [5, 5.41) is 0. The van der Waals surface area contributed by atoms with Crippen LogP contribution in [0.1, 0.15) is 50.3 Å². The molecule has 0 saturated heterocycles. The number of sulfonamides is 1. The first-order valence-electron chi connectivity index (χ1n) is 7.50. The van der Waals surface area contributed by atoms with Crippen LogP contribution in [0.2, 0.25) is 0 Å². The average molecular weight is 297 g/mol. The van der Waals surface area contributed by atoms with Gasteiger partial charge in [0.2, 0.25) is 10.0 Å². The fraction of sp³-hybridized carbons (Fsp3) is 0.714. The number of nitrogens with zero attached hydrogens (tertiary/aromatic N) is 1. The predicted molar refractivity (Wildman–Crippen MR) is 77.7 cm³/mol. The van der Waals surface area contributed by atoms with Crippen LogP contribution in [0.15, 0.2) is 17.2 Å². The molecule has 0 spiro atoms. The molecule has 0 amide bonds. The van der Waals surface area contributed by atoms with E-state index in [0.29, 0.717) is 29.9 Å². The van der Waals surface area contributed by atoms with E-state index in [2.05, 4.69) is 4.72 Å². The van der Waals surface area contributed by atoms with E-state index in [-0.39, 0.29) is 0 Å². The van der Waals surface area contributed by atoms with Crippen molar-refractivity contribution >= 4 is 10.0 Å². The summed E-state index contributed by atoms with van der Waals surface area (Å²) in [6.45, 7) is 0.924. The molecule has 2 aliphatic carbocycles. The Balaban J connectivity index is 1.66. The molecule has 2 fully saturated rings. The number of rotatable bonds is 7. The number of nitrogens with one attached hydrogen (secondary N) is 1. The minimum atomic E-state index is -3.38. The van der Waals surface area contributed by atoms with Crippen molar-refractivity contribution in [1.29, 1.82) is 0 Å². The molecule has 0 radical (unpaired) electrons. The molecule has 3 rings (SSSR count). The topological polar surface area (TPSA) is 77.1 Å². The highest BCUT2D eigenvalue weighted by atomic mass is 32.2. The summed E-state index contributed by atoms with van der Waals surface area (Å²) in [6.07, 6.45) is 8.72. The van der Waals surface area contributed by atoms with Gasteiger partial charge in [0.05, 0.1) is 4.90 Å². The summed E-state index contributed by atoms with van der Waals surface area (Å²) in [4.78, 5) is 0.360. The van der Waals surface area contributed by atoms with Crippen molar-refractivity contribution in [2.75, 3.05) is 6.54 Å². The van der Waals surface area contributed by atoms with Crippen molar-refractivity contribution in [3.63, 3.8) is 0 Å². The van der Waals surface area contributed by atoms with E-state index in [1.807, 2.05) is 4.57 Å². The lowest BCUT2D eigenvalue weighted by Crippen LogP contribution is -2.27. The molecule has 0 aliphatic heterocycles. The number of nitrogens with two attached hydrogens (primary N) is 1. The third-order valence-electron chi connectivity index (χ3n) is 4.44. The summed E-state index contributed by atoms with van der Waals surface area (Å²) in [6, 6.07) is 2.16. The van der Waals surface area contributed by atoms with Gasteiger partial charge in [-0.05, 0) is 31.2 Å². The molecule has 2 aliphatic rings. The molecule has 5 nitrogen and oxygen atoms in total. The molecule has 2 saturated carbocycles. The van der Waals surface area contributed by atoms with E-state index in [0.717, 1.165) is 25.0 Å². The zero-order chi connectivity index (χ0) is 14.2. The molecule has 1 aromatic heterocycles. The minimum absolute atomic E-state index is 0.360. The Morgan fingerprint density at radius 2 is 2.05 bits per heavy atom. The standard InChI is InChI=1S/C14H23N3O2S/c15-9-13-8-14(10-17(13)12-4-5-12)20(18,19)16-7-6-11-2-1-3-11/h8,10-12,16H,1-7,9,15H2. The lowest BCUT2D eigenvalue weighted by molar-refractivity contribution is 0.297. The first kappa shape index (κ1) is 14.1. The van der Waals surface area contributed by atoms with Crippen molar-refractivity contribution in [3.8, 4) is 0 Å². The molecule has 0 atom stereocenters. The Morgan fingerprint density at radius 1 is 1.30 bits per heavy atom. The number of hydrogen-bond acceptors (Lipinski definition) is 3.